The molecule has 0 radical (unpaired) electrons. The summed E-state index contributed by atoms with van der Waals surface area (Å²) in [5.41, 5.74) is 4.14. The fourth-order valence-electron chi connectivity index (χ4n) is 5.14. The molecule has 2 heterocycles. The molecule has 0 aliphatic carbocycles. The summed E-state index contributed by atoms with van der Waals surface area (Å²) in [7, 11) is 0. The zero-order chi connectivity index (χ0) is 30.6. The Kier molecular flexibility index (Phi) is 7.60. The maximum Gasteiger partial charge on any atom is 0.323 e. The average molecular weight is 597 g/mol. The zero-order valence-corrected chi connectivity index (χ0v) is 24.1. The van der Waals surface area contributed by atoms with E-state index in [0.29, 0.717) is 34.7 Å². The molecule has 0 bridgehead atoms. The van der Waals surface area contributed by atoms with Crippen molar-refractivity contribution in [3.63, 3.8) is 0 Å². The highest BCUT2D eigenvalue weighted by molar-refractivity contribution is 5.90. The van der Waals surface area contributed by atoms with E-state index in [2.05, 4.69) is 9.97 Å². The van der Waals surface area contributed by atoms with E-state index in [4.69, 9.17) is 18.6 Å². The number of hydrogen-bond acceptors (Lipinski definition) is 6. The standard InChI is InChI=1S/C37H28N2O6/c40-34-33-31(43-22-25-12-6-2-7-13-25)19-28(42-21-24-10-4-1-5-11-24)20-32(33)45-35(36(34)44-23-26-14-8-3-9-15-26)27-16-17-29-30(18-27)39-37(41)38-29/h1-20H,21-23H2,(H2,38,39,41). The Morgan fingerprint density at radius 3 is 1.80 bits per heavy atom. The van der Waals surface area contributed by atoms with Gasteiger partial charge in [-0.2, -0.15) is 0 Å². The van der Waals surface area contributed by atoms with Crippen LogP contribution in [0.5, 0.6) is 17.2 Å². The van der Waals surface area contributed by atoms with Crippen molar-refractivity contribution in [1.29, 1.82) is 0 Å². The largest absolute Gasteiger partial charge is 0.489 e. The fourth-order valence-corrected chi connectivity index (χ4v) is 5.14. The molecule has 0 spiro atoms. The minimum Gasteiger partial charge on any atom is -0.489 e. The molecular weight excluding hydrogens is 568 g/mol. The van der Waals surface area contributed by atoms with Crippen molar-refractivity contribution >= 4 is 22.0 Å². The first kappa shape index (κ1) is 27.8. The Bertz CT molecular complexity index is 2200. The van der Waals surface area contributed by atoms with Crippen LogP contribution in [0.25, 0.3) is 33.3 Å². The van der Waals surface area contributed by atoms with E-state index in [1.165, 1.54) is 0 Å². The molecule has 222 valence electrons. The van der Waals surface area contributed by atoms with Gasteiger partial charge in [0.25, 0.3) is 0 Å². The number of hydrogen-bond donors (Lipinski definition) is 2. The van der Waals surface area contributed by atoms with Crippen molar-refractivity contribution in [2.75, 3.05) is 0 Å². The SMILES string of the molecule is O=c1[nH]c2ccc(-c3oc4cc(OCc5ccccc5)cc(OCc5ccccc5)c4c(=O)c3OCc3ccccc3)cc2[nH]1. The Hall–Kier alpha value is -6.02. The van der Waals surface area contributed by atoms with Gasteiger partial charge in [-0.1, -0.05) is 91.0 Å². The number of aromatic nitrogens is 2. The quantitative estimate of drug-likeness (QED) is 0.171. The van der Waals surface area contributed by atoms with Crippen LogP contribution >= 0.6 is 0 Å². The van der Waals surface area contributed by atoms with Crippen molar-refractivity contribution in [3.8, 4) is 28.6 Å². The van der Waals surface area contributed by atoms with Gasteiger partial charge in [-0.15, -0.1) is 0 Å². The van der Waals surface area contributed by atoms with E-state index in [1.54, 1.807) is 30.3 Å². The average Bonchev–Trinajstić information content (AvgIpc) is 3.46. The Morgan fingerprint density at radius 1 is 0.578 bits per heavy atom. The molecule has 7 aromatic rings. The zero-order valence-electron chi connectivity index (χ0n) is 24.1. The molecule has 0 aliphatic rings. The van der Waals surface area contributed by atoms with Gasteiger partial charge in [0.15, 0.2) is 5.76 Å². The first-order valence-electron chi connectivity index (χ1n) is 14.5. The molecule has 0 atom stereocenters. The second-order valence-corrected chi connectivity index (χ2v) is 10.5. The van der Waals surface area contributed by atoms with E-state index < -0.39 is 0 Å². The van der Waals surface area contributed by atoms with Gasteiger partial charge in [-0.3, -0.25) is 4.79 Å². The van der Waals surface area contributed by atoms with E-state index in [0.717, 1.165) is 16.7 Å². The monoisotopic (exact) mass is 596 g/mol. The number of aromatic amines is 2. The normalized spacial score (nSPS) is 11.1. The predicted octanol–water partition coefficient (Wildman–Crippen LogP) is 7.37. The maximum absolute atomic E-state index is 14.4. The lowest BCUT2D eigenvalue weighted by molar-refractivity contribution is 0.288. The first-order valence-corrected chi connectivity index (χ1v) is 14.5. The lowest BCUT2D eigenvalue weighted by Gasteiger charge is -2.16. The lowest BCUT2D eigenvalue weighted by atomic mass is 10.1. The molecule has 0 saturated heterocycles. The number of ether oxygens (including phenoxy) is 3. The van der Waals surface area contributed by atoms with Crippen molar-refractivity contribution in [1.82, 2.24) is 9.97 Å². The number of H-pyrrole nitrogens is 2. The van der Waals surface area contributed by atoms with Gasteiger partial charge in [0.1, 0.15) is 42.3 Å². The molecular formula is C37H28N2O6. The van der Waals surface area contributed by atoms with E-state index in [1.807, 2.05) is 91.0 Å². The highest BCUT2D eigenvalue weighted by Gasteiger charge is 2.23. The second kappa shape index (κ2) is 12.3. The van der Waals surface area contributed by atoms with Crippen LogP contribution in [0.1, 0.15) is 16.7 Å². The molecule has 5 aromatic carbocycles. The van der Waals surface area contributed by atoms with E-state index in [-0.39, 0.29) is 46.8 Å². The van der Waals surface area contributed by atoms with Gasteiger partial charge < -0.3 is 28.6 Å². The van der Waals surface area contributed by atoms with Gasteiger partial charge in [0.2, 0.25) is 11.2 Å². The third-order valence-electron chi connectivity index (χ3n) is 7.38. The third kappa shape index (κ3) is 6.07. The second-order valence-electron chi connectivity index (χ2n) is 10.5. The molecule has 2 N–H and O–H groups in total. The topological polar surface area (TPSA) is 107 Å². The highest BCUT2D eigenvalue weighted by Crippen LogP contribution is 2.38. The molecule has 0 aliphatic heterocycles. The summed E-state index contributed by atoms with van der Waals surface area (Å²) in [4.78, 5) is 31.8. The summed E-state index contributed by atoms with van der Waals surface area (Å²) < 4.78 is 25.1. The summed E-state index contributed by atoms with van der Waals surface area (Å²) in [6.45, 7) is 0.695. The van der Waals surface area contributed by atoms with Crippen LogP contribution in [-0.2, 0) is 19.8 Å². The summed E-state index contributed by atoms with van der Waals surface area (Å²) >= 11 is 0. The highest BCUT2D eigenvalue weighted by atomic mass is 16.5. The number of benzene rings is 5. The molecule has 0 fully saturated rings. The molecule has 2 aromatic heterocycles. The Labute approximate surface area is 257 Å². The van der Waals surface area contributed by atoms with Crippen molar-refractivity contribution in [3.05, 3.63) is 159 Å². The van der Waals surface area contributed by atoms with Crippen molar-refractivity contribution in [2.24, 2.45) is 0 Å². The molecule has 7 rings (SSSR count). The first-order chi connectivity index (χ1) is 22.1. The fraction of sp³-hybridized carbons (Fsp3) is 0.0811. The van der Waals surface area contributed by atoms with Crippen LogP contribution in [0, 0.1) is 0 Å². The van der Waals surface area contributed by atoms with Gasteiger partial charge in [-0.05, 0) is 34.9 Å². The minimum atomic E-state index is -0.387. The molecule has 8 heteroatoms. The van der Waals surface area contributed by atoms with Crippen LogP contribution in [-0.4, -0.2) is 9.97 Å². The van der Waals surface area contributed by atoms with Gasteiger partial charge in [0, 0.05) is 17.7 Å². The number of rotatable bonds is 10. The minimum absolute atomic E-state index is 0.0334. The van der Waals surface area contributed by atoms with Crippen LogP contribution in [0.4, 0.5) is 0 Å². The summed E-state index contributed by atoms with van der Waals surface area (Å²) in [6, 6.07) is 37.7. The summed E-state index contributed by atoms with van der Waals surface area (Å²) in [6.07, 6.45) is 0. The molecule has 0 unspecified atom stereocenters. The summed E-state index contributed by atoms with van der Waals surface area (Å²) in [5, 5.41) is 0.237. The Balaban J connectivity index is 1.37. The maximum atomic E-state index is 14.4. The molecule has 45 heavy (non-hydrogen) atoms. The van der Waals surface area contributed by atoms with Crippen LogP contribution in [0.15, 0.2) is 135 Å². The van der Waals surface area contributed by atoms with Crippen LogP contribution in [0.3, 0.4) is 0 Å². The van der Waals surface area contributed by atoms with E-state index >= 15 is 0 Å². The summed E-state index contributed by atoms with van der Waals surface area (Å²) in [5.74, 6) is 1.05. The molecule has 0 amide bonds. The number of nitrogens with one attached hydrogen (secondary N) is 2. The van der Waals surface area contributed by atoms with Gasteiger partial charge >= 0.3 is 5.69 Å². The van der Waals surface area contributed by atoms with Crippen LogP contribution in [0.2, 0.25) is 0 Å². The molecule has 0 saturated carbocycles. The lowest BCUT2D eigenvalue weighted by Crippen LogP contribution is -2.12. The van der Waals surface area contributed by atoms with E-state index in [9.17, 15) is 9.59 Å². The van der Waals surface area contributed by atoms with Crippen LogP contribution < -0.4 is 25.3 Å². The van der Waals surface area contributed by atoms with Gasteiger partial charge in [0.05, 0.1) is 11.0 Å². The van der Waals surface area contributed by atoms with Crippen molar-refractivity contribution in [2.45, 2.75) is 19.8 Å². The molecule has 8 nitrogen and oxygen atoms in total. The number of fused-ring (bicyclic) bond motifs is 2. The Morgan fingerprint density at radius 2 is 1.16 bits per heavy atom. The van der Waals surface area contributed by atoms with Gasteiger partial charge in [-0.25, -0.2) is 4.79 Å². The number of imidazole rings is 1. The predicted molar refractivity (Wildman–Crippen MR) is 173 cm³/mol. The smallest absolute Gasteiger partial charge is 0.323 e. The third-order valence-corrected chi connectivity index (χ3v) is 7.38. The van der Waals surface area contributed by atoms with Crippen molar-refractivity contribution < 1.29 is 18.6 Å².